The first kappa shape index (κ1) is 16.9. The molecule has 0 aromatic rings. The average Bonchev–Trinajstić information content (AvgIpc) is 1.93. The van der Waals surface area contributed by atoms with Crippen molar-refractivity contribution in [2.75, 3.05) is 0 Å². The first-order chi connectivity index (χ1) is 4.31. The number of hydrogen-bond donors (Lipinski definition) is 0. The van der Waals surface area contributed by atoms with Crippen molar-refractivity contribution in [3.8, 4) is 0 Å². The predicted octanol–water partition coefficient (Wildman–Crippen LogP) is 3.37. The maximum absolute atomic E-state index is 3.69. The fourth-order valence-corrected chi connectivity index (χ4v) is 0.346. The second kappa shape index (κ2) is 16.3. The van der Waals surface area contributed by atoms with Crippen LogP contribution in [0.3, 0.4) is 0 Å². The molecule has 0 atom stereocenters. The zero-order valence-electron chi connectivity index (χ0n) is 7.08. The summed E-state index contributed by atoms with van der Waals surface area (Å²) >= 11 is 0. The Kier molecular flexibility index (Phi) is 27.6. The second-order valence-electron chi connectivity index (χ2n) is 1.39. The van der Waals surface area contributed by atoms with Crippen LogP contribution in [0.25, 0.3) is 0 Å². The Morgan fingerprint density at radius 2 is 1.90 bits per heavy atom. The third-order valence-electron chi connectivity index (χ3n) is 0.729. The van der Waals surface area contributed by atoms with Crippen LogP contribution in [-0.4, -0.2) is 0 Å². The Bertz CT molecular complexity index is 82.7. The molecule has 0 saturated heterocycles. The van der Waals surface area contributed by atoms with E-state index in [2.05, 4.69) is 20.4 Å². The maximum Gasteiger partial charge on any atom is 0 e. The molecule has 0 aliphatic rings. The van der Waals surface area contributed by atoms with Crippen molar-refractivity contribution in [2.45, 2.75) is 27.2 Å². The van der Waals surface area contributed by atoms with Crippen LogP contribution >= 0.6 is 0 Å². The summed E-state index contributed by atoms with van der Waals surface area (Å²) in [5.41, 5.74) is 1.02. The molecule has 0 amide bonds. The standard InChI is InChI=1S/C7H11.C2H6.Ho/c1-4-6-7(3)5-2;1-2;/h5-6H,2-4H2,1H3;1-2H3;/q-1;;/b7-6-;;. The Morgan fingerprint density at radius 3 is 2.00 bits per heavy atom. The van der Waals surface area contributed by atoms with Gasteiger partial charge in [0, 0.05) is 37.7 Å². The predicted molar refractivity (Wildman–Crippen MR) is 45.3 cm³/mol. The van der Waals surface area contributed by atoms with Gasteiger partial charge < -0.3 is 0 Å². The molecule has 0 aliphatic heterocycles. The molecular formula is C9H17Ho-. The van der Waals surface area contributed by atoms with Gasteiger partial charge in [0.15, 0.2) is 0 Å². The van der Waals surface area contributed by atoms with E-state index >= 15 is 0 Å². The molecule has 0 unspecified atom stereocenters. The van der Waals surface area contributed by atoms with Crippen molar-refractivity contribution in [3.63, 3.8) is 0 Å². The van der Waals surface area contributed by atoms with Gasteiger partial charge in [0.25, 0.3) is 0 Å². The summed E-state index contributed by atoms with van der Waals surface area (Å²) in [6.07, 6.45) is 4.83. The normalized spacial score (nSPS) is 8.50. The minimum Gasteiger partial charge on any atom is -0.199 e. The molecule has 0 N–H and O–H groups in total. The van der Waals surface area contributed by atoms with E-state index in [0.717, 1.165) is 12.0 Å². The molecule has 0 rings (SSSR count). The fourth-order valence-electron chi connectivity index (χ4n) is 0.346. The van der Waals surface area contributed by atoms with Gasteiger partial charge in [-0.15, -0.1) is 0 Å². The topological polar surface area (TPSA) is 0 Å². The zero-order valence-corrected chi connectivity index (χ0v) is 9.01. The average molecular weight is 290 g/mol. The molecule has 0 aromatic carbocycles. The van der Waals surface area contributed by atoms with Gasteiger partial charge in [0.1, 0.15) is 0 Å². The smallest absolute Gasteiger partial charge is 0 e. The molecule has 0 aromatic heterocycles. The minimum absolute atomic E-state index is 0. The van der Waals surface area contributed by atoms with Gasteiger partial charge in [0.05, 0.1) is 0 Å². The van der Waals surface area contributed by atoms with Crippen molar-refractivity contribution in [1.82, 2.24) is 0 Å². The van der Waals surface area contributed by atoms with E-state index in [-0.39, 0.29) is 37.7 Å². The van der Waals surface area contributed by atoms with Crippen molar-refractivity contribution >= 4 is 0 Å². The van der Waals surface area contributed by atoms with Crippen LogP contribution in [0.4, 0.5) is 0 Å². The monoisotopic (exact) mass is 290 g/mol. The van der Waals surface area contributed by atoms with Gasteiger partial charge in [-0.05, 0) is 0 Å². The summed E-state index contributed by atoms with van der Waals surface area (Å²) in [5, 5.41) is 0. The van der Waals surface area contributed by atoms with E-state index in [1.54, 1.807) is 6.08 Å². The van der Waals surface area contributed by atoms with Gasteiger partial charge in [-0.2, -0.15) is 31.2 Å². The van der Waals surface area contributed by atoms with Crippen molar-refractivity contribution in [2.24, 2.45) is 0 Å². The number of hydrogen-bond acceptors (Lipinski definition) is 0. The van der Waals surface area contributed by atoms with Crippen molar-refractivity contribution in [1.29, 1.82) is 0 Å². The fraction of sp³-hybridized carbons (Fsp3) is 0.444. The van der Waals surface area contributed by atoms with Crippen molar-refractivity contribution < 1.29 is 37.7 Å². The Hall–Kier alpha value is 0.610. The first-order valence-corrected chi connectivity index (χ1v) is 3.45. The minimum atomic E-state index is 0. The summed E-state index contributed by atoms with van der Waals surface area (Å²) in [7, 11) is 0. The molecule has 0 spiro atoms. The Labute approximate surface area is 95.4 Å². The van der Waals surface area contributed by atoms with Crippen LogP contribution in [0.1, 0.15) is 27.2 Å². The van der Waals surface area contributed by atoms with E-state index in [1.807, 2.05) is 19.9 Å². The van der Waals surface area contributed by atoms with Gasteiger partial charge in [-0.1, -0.05) is 27.2 Å². The van der Waals surface area contributed by atoms with Crippen LogP contribution in [0.15, 0.2) is 24.3 Å². The third kappa shape index (κ3) is 15.8. The zero-order chi connectivity index (χ0) is 7.70. The van der Waals surface area contributed by atoms with Crippen LogP contribution in [-0.2, 0) is 0 Å². The molecule has 0 fully saturated rings. The van der Waals surface area contributed by atoms with Gasteiger partial charge in [-0.25, -0.2) is 0 Å². The molecule has 10 heavy (non-hydrogen) atoms. The summed E-state index contributed by atoms with van der Waals surface area (Å²) in [4.78, 5) is 0. The molecule has 0 heterocycles. The van der Waals surface area contributed by atoms with Crippen LogP contribution < -0.4 is 0 Å². The van der Waals surface area contributed by atoms with Gasteiger partial charge in [-0.3, -0.25) is 0 Å². The van der Waals surface area contributed by atoms with E-state index in [9.17, 15) is 0 Å². The van der Waals surface area contributed by atoms with Crippen LogP contribution in [0.5, 0.6) is 0 Å². The van der Waals surface area contributed by atoms with Gasteiger partial charge >= 0.3 is 0 Å². The van der Waals surface area contributed by atoms with E-state index < -0.39 is 0 Å². The van der Waals surface area contributed by atoms with E-state index in [4.69, 9.17) is 0 Å². The molecule has 0 aliphatic carbocycles. The maximum atomic E-state index is 3.69. The van der Waals surface area contributed by atoms with Crippen LogP contribution in [0.2, 0.25) is 0 Å². The number of rotatable bonds is 2. The molecule has 65 valence electrons. The van der Waals surface area contributed by atoms with E-state index in [0.29, 0.717) is 0 Å². The molecule has 1 heteroatoms. The molecule has 0 bridgehead atoms. The molecule has 0 saturated carbocycles. The van der Waals surface area contributed by atoms with Gasteiger partial charge in [0.2, 0.25) is 0 Å². The Morgan fingerprint density at radius 1 is 1.50 bits per heavy atom. The summed E-state index contributed by atoms with van der Waals surface area (Å²) in [6.45, 7) is 13.3. The largest absolute Gasteiger partial charge is 0.199 e. The SMILES string of the molecule is C=C/C([CH2-])=C\CC.CC.[Ho]. The third-order valence-corrected chi connectivity index (χ3v) is 0.729. The quantitative estimate of drug-likeness (QED) is 0.415. The van der Waals surface area contributed by atoms with Crippen LogP contribution in [0, 0.1) is 44.7 Å². The van der Waals surface area contributed by atoms with Crippen molar-refractivity contribution in [3.05, 3.63) is 31.2 Å². The summed E-state index contributed by atoms with van der Waals surface area (Å²) < 4.78 is 0. The second-order valence-corrected chi connectivity index (χ2v) is 1.39. The molecule has 1 radical (unpaired) electrons. The Balaban J connectivity index is -0.000000149. The van der Waals surface area contributed by atoms with E-state index in [1.165, 1.54) is 0 Å². The summed E-state index contributed by atoms with van der Waals surface area (Å²) in [6, 6.07) is 0. The molecular weight excluding hydrogens is 273 g/mol. The molecule has 0 nitrogen and oxygen atoms in total. The first-order valence-electron chi connectivity index (χ1n) is 3.45. The summed E-state index contributed by atoms with van der Waals surface area (Å²) in [5.74, 6) is 0. The number of allylic oxidation sites excluding steroid dienone is 3.